The molecule has 0 aromatic rings. The van der Waals surface area contributed by atoms with Crippen LogP contribution in [-0.4, -0.2) is 54.4 Å². The highest BCUT2D eigenvalue weighted by Gasteiger charge is 2.29. The average molecular weight is 272 g/mol. The minimum Gasteiger partial charge on any atom is -0.481 e. The Bertz CT molecular complexity index is 307. The molecule has 2 amide bonds. The largest absolute Gasteiger partial charge is 0.481 e. The number of carboxylic acids is 1. The van der Waals surface area contributed by atoms with Gasteiger partial charge in [0.1, 0.15) is 0 Å². The van der Waals surface area contributed by atoms with Crippen LogP contribution < -0.4 is 5.32 Å². The topological polar surface area (TPSA) is 78.9 Å². The van der Waals surface area contributed by atoms with Crippen molar-refractivity contribution >= 4 is 12.0 Å². The van der Waals surface area contributed by atoms with Crippen molar-refractivity contribution in [3.05, 3.63) is 0 Å². The van der Waals surface area contributed by atoms with Crippen LogP contribution in [0.25, 0.3) is 0 Å². The van der Waals surface area contributed by atoms with Gasteiger partial charge in [-0.3, -0.25) is 4.79 Å². The summed E-state index contributed by atoms with van der Waals surface area (Å²) in [4.78, 5) is 24.2. The lowest BCUT2D eigenvalue weighted by molar-refractivity contribution is -0.137. The fourth-order valence-electron chi connectivity index (χ4n) is 2.17. The van der Waals surface area contributed by atoms with Crippen molar-refractivity contribution in [2.75, 3.05) is 26.3 Å². The van der Waals surface area contributed by atoms with E-state index in [4.69, 9.17) is 9.84 Å². The molecule has 1 atom stereocenters. The lowest BCUT2D eigenvalue weighted by Gasteiger charge is -2.23. The molecular weight excluding hydrogens is 248 g/mol. The summed E-state index contributed by atoms with van der Waals surface area (Å²) < 4.78 is 5.37. The van der Waals surface area contributed by atoms with Gasteiger partial charge in [0.15, 0.2) is 0 Å². The predicted octanol–water partition coefficient (Wildman–Crippen LogP) is 1.31. The molecule has 19 heavy (non-hydrogen) atoms. The third kappa shape index (κ3) is 5.92. The lowest BCUT2D eigenvalue weighted by Crippen LogP contribution is -2.44. The van der Waals surface area contributed by atoms with E-state index in [0.717, 1.165) is 12.8 Å². The number of carboxylic acid groups (broad SMARTS) is 1. The molecule has 110 valence electrons. The molecule has 0 aromatic carbocycles. The molecule has 0 spiro atoms. The minimum absolute atomic E-state index is 0.0251. The zero-order valence-corrected chi connectivity index (χ0v) is 11.7. The van der Waals surface area contributed by atoms with Crippen molar-refractivity contribution in [1.82, 2.24) is 10.2 Å². The molecule has 1 unspecified atom stereocenters. The number of likely N-dealkylation sites (tertiary alicyclic amines) is 1. The summed E-state index contributed by atoms with van der Waals surface area (Å²) in [5, 5.41) is 11.6. The van der Waals surface area contributed by atoms with Gasteiger partial charge in [-0.2, -0.15) is 0 Å². The second-order valence-corrected chi connectivity index (χ2v) is 5.29. The first kappa shape index (κ1) is 15.8. The van der Waals surface area contributed by atoms with Gasteiger partial charge in [-0.15, -0.1) is 0 Å². The van der Waals surface area contributed by atoms with Crippen LogP contribution in [0.2, 0.25) is 0 Å². The highest BCUT2D eigenvalue weighted by molar-refractivity contribution is 5.76. The summed E-state index contributed by atoms with van der Waals surface area (Å²) in [6, 6.07) is -0.356. The maximum Gasteiger partial charge on any atom is 0.317 e. The van der Waals surface area contributed by atoms with Crippen molar-refractivity contribution in [2.45, 2.75) is 39.2 Å². The summed E-state index contributed by atoms with van der Waals surface area (Å²) in [7, 11) is 0. The van der Waals surface area contributed by atoms with Crippen LogP contribution in [0, 0.1) is 5.92 Å². The molecule has 1 rings (SSSR count). The molecule has 6 heteroatoms. The van der Waals surface area contributed by atoms with E-state index < -0.39 is 5.97 Å². The predicted molar refractivity (Wildman–Crippen MR) is 71.0 cm³/mol. The van der Waals surface area contributed by atoms with Crippen LogP contribution in [0.3, 0.4) is 0 Å². The van der Waals surface area contributed by atoms with Gasteiger partial charge in [-0.05, 0) is 18.8 Å². The van der Waals surface area contributed by atoms with Crippen LogP contribution in [0.15, 0.2) is 0 Å². The van der Waals surface area contributed by atoms with Gasteiger partial charge in [-0.1, -0.05) is 13.8 Å². The Morgan fingerprint density at radius 1 is 1.47 bits per heavy atom. The second-order valence-electron chi connectivity index (χ2n) is 5.29. The van der Waals surface area contributed by atoms with Crippen molar-refractivity contribution in [1.29, 1.82) is 0 Å². The number of carbonyl (C=O) groups excluding carboxylic acids is 1. The first-order valence-corrected chi connectivity index (χ1v) is 6.84. The molecule has 0 bridgehead atoms. The highest BCUT2D eigenvalue weighted by Crippen LogP contribution is 2.19. The number of carbonyl (C=O) groups is 2. The third-order valence-electron chi connectivity index (χ3n) is 3.02. The van der Waals surface area contributed by atoms with Crippen LogP contribution in [-0.2, 0) is 9.53 Å². The van der Waals surface area contributed by atoms with E-state index >= 15 is 0 Å². The first-order chi connectivity index (χ1) is 9.00. The quantitative estimate of drug-likeness (QED) is 0.685. The monoisotopic (exact) mass is 272 g/mol. The van der Waals surface area contributed by atoms with E-state index in [-0.39, 0.29) is 18.5 Å². The van der Waals surface area contributed by atoms with Crippen LogP contribution in [0.5, 0.6) is 0 Å². The molecule has 0 aliphatic carbocycles. The van der Waals surface area contributed by atoms with Gasteiger partial charge in [0, 0.05) is 25.7 Å². The fourth-order valence-corrected chi connectivity index (χ4v) is 2.17. The third-order valence-corrected chi connectivity index (χ3v) is 3.02. The maximum atomic E-state index is 11.9. The molecule has 1 saturated heterocycles. The summed E-state index contributed by atoms with van der Waals surface area (Å²) >= 11 is 0. The van der Waals surface area contributed by atoms with Gasteiger partial charge < -0.3 is 20.1 Å². The summed E-state index contributed by atoms with van der Waals surface area (Å²) in [5.74, 6) is -0.376. The molecule has 1 aliphatic heterocycles. The Morgan fingerprint density at radius 3 is 2.84 bits per heavy atom. The number of amides is 2. The van der Waals surface area contributed by atoms with Gasteiger partial charge in [0.25, 0.3) is 0 Å². The number of ether oxygens (including phenoxy) is 1. The summed E-state index contributed by atoms with van der Waals surface area (Å²) in [6.07, 6.45) is 1.66. The van der Waals surface area contributed by atoms with Gasteiger partial charge in [0.05, 0.1) is 13.0 Å². The van der Waals surface area contributed by atoms with E-state index in [9.17, 15) is 9.59 Å². The van der Waals surface area contributed by atoms with E-state index in [2.05, 4.69) is 19.2 Å². The summed E-state index contributed by atoms with van der Waals surface area (Å²) in [5.41, 5.74) is 0. The Morgan fingerprint density at radius 2 is 2.21 bits per heavy atom. The Labute approximate surface area is 114 Å². The molecule has 0 aromatic heterocycles. The van der Waals surface area contributed by atoms with Crippen molar-refractivity contribution in [2.24, 2.45) is 5.92 Å². The smallest absolute Gasteiger partial charge is 0.317 e. The van der Waals surface area contributed by atoms with Crippen molar-refractivity contribution < 1.29 is 19.4 Å². The molecule has 0 saturated carbocycles. The van der Waals surface area contributed by atoms with E-state index in [1.165, 1.54) is 0 Å². The van der Waals surface area contributed by atoms with E-state index in [1.807, 2.05) is 0 Å². The van der Waals surface area contributed by atoms with Gasteiger partial charge in [-0.25, -0.2) is 4.79 Å². The average Bonchev–Trinajstić information content (AvgIpc) is 2.75. The molecule has 6 nitrogen and oxygen atoms in total. The maximum absolute atomic E-state index is 11.9. The fraction of sp³-hybridized carbons (Fsp3) is 0.846. The molecule has 1 heterocycles. The standard InChI is InChI=1S/C13H24N2O4/c1-10(2)9-19-7-5-14-13(18)15-6-3-4-11(15)8-12(16)17/h10-11H,3-9H2,1-2H3,(H,14,18)(H,16,17). The number of nitrogens with one attached hydrogen (secondary N) is 1. The Balaban J connectivity index is 2.22. The van der Waals surface area contributed by atoms with Crippen LogP contribution in [0.1, 0.15) is 33.1 Å². The number of hydrogen-bond donors (Lipinski definition) is 2. The lowest BCUT2D eigenvalue weighted by atomic mass is 10.1. The van der Waals surface area contributed by atoms with Crippen molar-refractivity contribution in [3.8, 4) is 0 Å². The number of rotatable bonds is 7. The Kier molecular flexibility index (Phi) is 6.62. The number of aliphatic carboxylic acids is 1. The highest BCUT2D eigenvalue weighted by atomic mass is 16.5. The van der Waals surface area contributed by atoms with Gasteiger partial charge in [0.2, 0.25) is 0 Å². The number of nitrogens with zero attached hydrogens (tertiary/aromatic N) is 1. The zero-order valence-electron chi connectivity index (χ0n) is 11.7. The molecular formula is C13H24N2O4. The van der Waals surface area contributed by atoms with Crippen LogP contribution in [0.4, 0.5) is 4.79 Å². The van der Waals surface area contributed by atoms with Crippen LogP contribution >= 0.6 is 0 Å². The number of hydrogen-bond acceptors (Lipinski definition) is 3. The van der Waals surface area contributed by atoms with E-state index in [1.54, 1.807) is 4.90 Å². The normalized spacial score (nSPS) is 18.9. The van der Waals surface area contributed by atoms with Crippen molar-refractivity contribution in [3.63, 3.8) is 0 Å². The summed E-state index contributed by atoms with van der Waals surface area (Å²) in [6.45, 7) is 6.40. The second kappa shape index (κ2) is 7.99. The molecule has 0 radical (unpaired) electrons. The zero-order chi connectivity index (χ0) is 14.3. The molecule has 1 aliphatic rings. The number of urea groups is 1. The molecule has 1 fully saturated rings. The molecule has 2 N–H and O–H groups in total. The Hall–Kier alpha value is -1.30. The first-order valence-electron chi connectivity index (χ1n) is 6.84. The minimum atomic E-state index is -0.857. The van der Waals surface area contributed by atoms with E-state index in [0.29, 0.717) is 32.2 Å². The SMILES string of the molecule is CC(C)COCCNC(=O)N1CCCC1CC(=O)O. The van der Waals surface area contributed by atoms with Gasteiger partial charge >= 0.3 is 12.0 Å².